The molecular formula is C10H14N4OS. The first-order valence-electron chi connectivity index (χ1n) is 5.23. The highest BCUT2D eigenvalue weighted by molar-refractivity contribution is 7.99. The van der Waals surface area contributed by atoms with E-state index in [0.29, 0.717) is 16.1 Å². The molecule has 1 heterocycles. The predicted octanol–water partition coefficient (Wildman–Crippen LogP) is 0.861. The van der Waals surface area contributed by atoms with Crippen LogP contribution in [0.5, 0.6) is 0 Å². The summed E-state index contributed by atoms with van der Waals surface area (Å²) in [5.41, 5.74) is 0.0447. The predicted molar refractivity (Wildman–Crippen MR) is 63.8 cm³/mol. The summed E-state index contributed by atoms with van der Waals surface area (Å²) in [6.45, 7) is 1.60. The maximum atomic E-state index is 11.5. The molecule has 0 saturated carbocycles. The van der Waals surface area contributed by atoms with Gasteiger partial charge >= 0.3 is 0 Å². The van der Waals surface area contributed by atoms with Crippen LogP contribution >= 0.6 is 11.8 Å². The van der Waals surface area contributed by atoms with Crippen molar-refractivity contribution in [3.05, 3.63) is 28.2 Å². The first kappa shape index (κ1) is 11.2. The summed E-state index contributed by atoms with van der Waals surface area (Å²) in [6.07, 6.45) is 7.68. The molecule has 0 spiro atoms. The van der Waals surface area contributed by atoms with Crippen molar-refractivity contribution in [1.82, 2.24) is 14.9 Å². The third kappa shape index (κ3) is 2.27. The third-order valence-electron chi connectivity index (χ3n) is 2.49. The first-order chi connectivity index (χ1) is 7.68. The number of hydrogen-bond donors (Lipinski definition) is 1. The Kier molecular flexibility index (Phi) is 3.28. The van der Waals surface area contributed by atoms with Gasteiger partial charge in [-0.3, -0.25) is 4.79 Å². The largest absolute Gasteiger partial charge is 0.334 e. The van der Waals surface area contributed by atoms with Gasteiger partial charge in [-0.25, -0.2) is 0 Å². The first-order valence-corrected chi connectivity index (χ1v) is 6.11. The van der Waals surface area contributed by atoms with Gasteiger partial charge in [0.2, 0.25) is 5.16 Å². The standard InChI is InChI=1S/C10H14N4OS/c1-7-9(15)14(11)10(13-12-7)16-8-5-3-2-4-6-8/h3,5,8H,2,4,6,11H2,1H3/t8-/m0/s1. The number of hydrogen-bond acceptors (Lipinski definition) is 5. The van der Waals surface area contributed by atoms with E-state index in [-0.39, 0.29) is 5.56 Å². The average Bonchev–Trinajstić information content (AvgIpc) is 2.31. The molecule has 0 amide bonds. The average molecular weight is 238 g/mol. The number of aromatic nitrogens is 3. The number of allylic oxidation sites excluding steroid dienone is 1. The number of thioether (sulfide) groups is 1. The van der Waals surface area contributed by atoms with Crippen LogP contribution in [0.2, 0.25) is 0 Å². The number of nitrogen functional groups attached to an aromatic ring is 1. The highest BCUT2D eigenvalue weighted by Crippen LogP contribution is 2.27. The second kappa shape index (κ2) is 4.69. The van der Waals surface area contributed by atoms with Crippen LogP contribution in [0, 0.1) is 6.92 Å². The number of nitrogens with two attached hydrogens (primary N) is 1. The molecule has 0 unspecified atom stereocenters. The van der Waals surface area contributed by atoms with Crippen molar-refractivity contribution in [2.24, 2.45) is 0 Å². The molecule has 2 N–H and O–H groups in total. The van der Waals surface area contributed by atoms with Gasteiger partial charge in [-0.15, -0.1) is 10.2 Å². The molecule has 0 bridgehead atoms. The van der Waals surface area contributed by atoms with E-state index in [9.17, 15) is 4.79 Å². The van der Waals surface area contributed by atoms with Crippen LogP contribution in [-0.2, 0) is 0 Å². The maximum Gasteiger partial charge on any atom is 0.294 e. The van der Waals surface area contributed by atoms with Gasteiger partial charge in [0.05, 0.1) is 0 Å². The summed E-state index contributed by atoms with van der Waals surface area (Å²) >= 11 is 1.49. The molecule has 86 valence electrons. The normalized spacial score (nSPS) is 19.9. The van der Waals surface area contributed by atoms with Crippen LogP contribution in [-0.4, -0.2) is 20.1 Å². The molecule has 1 aromatic heterocycles. The summed E-state index contributed by atoms with van der Waals surface area (Å²) < 4.78 is 1.08. The fourth-order valence-corrected chi connectivity index (χ4v) is 2.59. The van der Waals surface area contributed by atoms with Crippen LogP contribution in [0.15, 0.2) is 22.1 Å². The minimum absolute atomic E-state index is 0.280. The summed E-state index contributed by atoms with van der Waals surface area (Å²) in [5.74, 6) is 5.66. The van der Waals surface area contributed by atoms with Crippen LogP contribution in [0.25, 0.3) is 0 Å². The molecule has 16 heavy (non-hydrogen) atoms. The zero-order valence-corrected chi connectivity index (χ0v) is 9.91. The SMILES string of the molecule is Cc1nnc(S[C@H]2C=CCCC2)n(N)c1=O. The fourth-order valence-electron chi connectivity index (χ4n) is 1.56. The lowest BCUT2D eigenvalue weighted by Gasteiger charge is -2.15. The lowest BCUT2D eigenvalue weighted by atomic mass is 10.1. The topological polar surface area (TPSA) is 73.8 Å². The highest BCUT2D eigenvalue weighted by atomic mass is 32.2. The van der Waals surface area contributed by atoms with Crippen molar-refractivity contribution in [3.63, 3.8) is 0 Å². The Labute approximate surface area is 97.7 Å². The number of rotatable bonds is 2. The van der Waals surface area contributed by atoms with E-state index in [0.717, 1.165) is 17.5 Å². The molecule has 0 fully saturated rings. The van der Waals surface area contributed by atoms with Gasteiger partial charge in [0, 0.05) is 5.25 Å². The van der Waals surface area contributed by atoms with Crippen LogP contribution < -0.4 is 11.4 Å². The van der Waals surface area contributed by atoms with Crippen LogP contribution in [0.4, 0.5) is 0 Å². The van der Waals surface area contributed by atoms with Crippen molar-refractivity contribution < 1.29 is 0 Å². The monoisotopic (exact) mass is 238 g/mol. The Bertz CT molecular complexity index is 468. The van der Waals surface area contributed by atoms with Crippen molar-refractivity contribution >= 4 is 11.8 Å². The minimum atomic E-state index is -0.280. The molecule has 0 radical (unpaired) electrons. The zero-order valence-electron chi connectivity index (χ0n) is 9.09. The molecule has 0 aliphatic heterocycles. The summed E-state index contributed by atoms with van der Waals surface area (Å²) in [6, 6.07) is 0. The maximum absolute atomic E-state index is 11.5. The lowest BCUT2D eigenvalue weighted by Crippen LogP contribution is -2.32. The Morgan fingerprint density at radius 1 is 1.56 bits per heavy atom. The van der Waals surface area contributed by atoms with Crippen molar-refractivity contribution in [2.45, 2.75) is 36.6 Å². The van der Waals surface area contributed by atoms with Crippen molar-refractivity contribution in [1.29, 1.82) is 0 Å². The van der Waals surface area contributed by atoms with Gasteiger partial charge in [0.25, 0.3) is 5.56 Å². The van der Waals surface area contributed by atoms with Gasteiger partial charge in [-0.1, -0.05) is 23.9 Å². The van der Waals surface area contributed by atoms with E-state index in [1.165, 1.54) is 18.2 Å². The molecule has 1 aliphatic carbocycles. The van der Waals surface area contributed by atoms with Crippen LogP contribution in [0.3, 0.4) is 0 Å². The molecule has 2 rings (SSSR count). The van der Waals surface area contributed by atoms with Gasteiger partial charge in [0.1, 0.15) is 5.69 Å². The Balaban J connectivity index is 2.21. The summed E-state index contributed by atoms with van der Waals surface area (Å²) in [7, 11) is 0. The quantitative estimate of drug-likeness (QED) is 0.611. The molecule has 1 aromatic rings. The van der Waals surface area contributed by atoms with Crippen molar-refractivity contribution in [2.75, 3.05) is 5.84 Å². The Morgan fingerprint density at radius 3 is 3.06 bits per heavy atom. The molecule has 1 atom stereocenters. The Hall–Kier alpha value is -1.30. The highest BCUT2D eigenvalue weighted by Gasteiger charge is 2.14. The van der Waals surface area contributed by atoms with E-state index in [1.54, 1.807) is 6.92 Å². The summed E-state index contributed by atoms with van der Waals surface area (Å²) in [4.78, 5) is 11.5. The molecule has 0 saturated heterocycles. The van der Waals surface area contributed by atoms with E-state index in [2.05, 4.69) is 22.3 Å². The van der Waals surface area contributed by atoms with E-state index >= 15 is 0 Å². The van der Waals surface area contributed by atoms with Crippen LogP contribution in [0.1, 0.15) is 25.0 Å². The molecule has 6 heteroatoms. The van der Waals surface area contributed by atoms with Gasteiger partial charge in [-0.05, 0) is 26.2 Å². The summed E-state index contributed by atoms with van der Waals surface area (Å²) in [5, 5.41) is 8.57. The second-order valence-electron chi connectivity index (χ2n) is 3.76. The van der Waals surface area contributed by atoms with Gasteiger partial charge in [-0.2, -0.15) is 4.68 Å². The Morgan fingerprint density at radius 2 is 2.38 bits per heavy atom. The molecule has 5 nitrogen and oxygen atoms in total. The van der Waals surface area contributed by atoms with E-state index in [1.807, 2.05) is 0 Å². The fraction of sp³-hybridized carbons (Fsp3) is 0.500. The molecule has 1 aliphatic rings. The lowest BCUT2D eigenvalue weighted by molar-refractivity contribution is 0.674. The molecular weight excluding hydrogens is 224 g/mol. The van der Waals surface area contributed by atoms with E-state index in [4.69, 9.17) is 5.84 Å². The minimum Gasteiger partial charge on any atom is -0.334 e. The zero-order chi connectivity index (χ0) is 11.5. The second-order valence-corrected chi connectivity index (χ2v) is 4.96. The third-order valence-corrected chi connectivity index (χ3v) is 3.67. The number of aryl methyl sites for hydroxylation is 1. The number of nitrogens with zero attached hydrogens (tertiary/aromatic N) is 3. The van der Waals surface area contributed by atoms with Gasteiger partial charge < -0.3 is 5.84 Å². The van der Waals surface area contributed by atoms with E-state index < -0.39 is 0 Å². The smallest absolute Gasteiger partial charge is 0.294 e. The molecule has 0 aromatic carbocycles. The van der Waals surface area contributed by atoms with Crippen molar-refractivity contribution in [3.8, 4) is 0 Å². The van der Waals surface area contributed by atoms with Gasteiger partial charge in [0.15, 0.2) is 0 Å².